The smallest absolute Gasteiger partial charge is 0.145 e. The van der Waals surface area contributed by atoms with Crippen molar-refractivity contribution in [2.45, 2.75) is 6.42 Å². The molecule has 2 aromatic rings. The van der Waals surface area contributed by atoms with Gasteiger partial charge in [-0.2, -0.15) is 5.26 Å². The van der Waals surface area contributed by atoms with Crippen LogP contribution in [0.2, 0.25) is 0 Å². The molecule has 0 unspecified atom stereocenters. The minimum absolute atomic E-state index is 0.372. The molecule has 4 heteroatoms. The third kappa shape index (κ3) is 3.05. The van der Waals surface area contributed by atoms with E-state index in [1.807, 2.05) is 30.3 Å². The second-order valence-electron chi connectivity index (χ2n) is 3.39. The topological polar surface area (TPSA) is 45.9 Å². The number of benzene rings is 1. The Morgan fingerprint density at radius 3 is 2.94 bits per heavy atom. The summed E-state index contributed by atoms with van der Waals surface area (Å²) in [5, 5.41) is 8.66. The lowest BCUT2D eigenvalue weighted by molar-refractivity contribution is 0.477. The first kappa shape index (κ1) is 11.6. The second kappa shape index (κ2) is 5.46. The van der Waals surface area contributed by atoms with Gasteiger partial charge in [0.25, 0.3) is 0 Å². The Kier molecular flexibility index (Phi) is 3.73. The summed E-state index contributed by atoms with van der Waals surface area (Å²) in [6, 6.07) is 11.4. The molecular formula is C13H9BrN2O. The van der Waals surface area contributed by atoms with Crippen molar-refractivity contribution in [1.82, 2.24) is 4.98 Å². The van der Waals surface area contributed by atoms with Crippen LogP contribution in [-0.4, -0.2) is 4.98 Å². The molecule has 1 aromatic heterocycles. The first-order valence-corrected chi connectivity index (χ1v) is 5.82. The van der Waals surface area contributed by atoms with E-state index in [0.717, 1.165) is 10.0 Å². The van der Waals surface area contributed by atoms with Crippen LogP contribution in [0.3, 0.4) is 0 Å². The van der Waals surface area contributed by atoms with Crippen LogP contribution in [0.5, 0.6) is 11.5 Å². The summed E-state index contributed by atoms with van der Waals surface area (Å²) in [5.74, 6) is 1.35. The number of rotatable bonds is 3. The first-order chi connectivity index (χ1) is 8.29. The number of nitrogens with zero attached hydrogens (tertiary/aromatic N) is 2. The van der Waals surface area contributed by atoms with Crippen LogP contribution < -0.4 is 4.74 Å². The SMILES string of the molecule is N#CCc1ccc(Br)c(Oc2cccnc2)c1. The molecule has 0 bridgehead atoms. The average molecular weight is 289 g/mol. The van der Waals surface area contributed by atoms with E-state index in [4.69, 9.17) is 10.00 Å². The van der Waals surface area contributed by atoms with Gasteiger partial charge in [-0.3, -0.25) is 4.98 Å². The Hall–Kier alpha value is -1.86. The summed E-state index contributed by atoms with van der Waals surface area (Å²) in [4.78, 5) is 3.98. The van der Waals surface area contributed by atoms with Gasteiger partial charge in [0.05, 0.1) is 23.2 Å². The fourth-order valence-electron chi connectivity index (χ4n) is 1.36. The maximum absolute atomic E-state index is 8.66. The van der Waals surface area contributed by atoms with Gasteiger partial charge in [0, 0.05) is 6.20 Å². The molecule has 0 atom stereocenters. The highest BCUT2D eigenvalue weighted by atomic mass is 79.9. The molecule has 0 aliphatic rings. The van der Waals surface area contributed by atoms with Gasteiger partial charge in [-0.25, -0.2) is 0 Å². The zero-order valence-electron chi connectivity index (χ0n) is 8.93. The molecular weight excluding hydrogens is 280 g/mol. The molecule has 0 radical (unpaired) electrons. The van der Waals surface area contributed by atoms with Crippen molar-refractivity contribution in [3.05, 3.63) is 52.8 Å². The maximum Gasteiger partial charge on any atom is 0.145 e. The van der Waals surface area contributed by atoms with Crippen LogP contribution in [0.4, 0.5) is 0 Å². The average Bonchev–Trinajstić information content (AvgIpc) is 2.35. The minimum atomic E-state index is 0.372. The Labute approximate surface area is 108 Å². The zero-order chi connectivity index (χ0) is 12.1. The van der Waals surface area contributed by atoms with Crippen molar-refractivity contribution in [2.24, 2.45) is 0 Å². The lowest BCUT2D eigenvalue weighted by Gasteiger charge is -2.08. The van der Waals surface area contributed by atoms with Crippen LogP contribution in [-0.2, 0) is 6.42 Å². The normalized spacial score (nSPS) is 9.65. The predicted molar refractivity (Wildman–Crippen MR) is 67.8 cm³/mol. The summed E-state index contributed by atoms with van der Waals surface area (Å²) in [5.41, 5.74) is 0.926. The van der Waals surface area contributed by atoms with Crippen molar-refractivity contribution in [3.8, 4) is 17.6 Å². The maximum atomic E-state index is 8.66. The van der Waals surface area contributed by atoms with Gasteiger partial charge < -0.3 is 4.74 Å². The van der Waals surface area contributed by atoms with Gasteiger partial charge in [0.1, 0.15) is 11.5 Å². The van der Waals surface area contributed by atoms with E-state index in [0.29, 0.717) is 17.9 Å². The molecule has 1 heterocycles. The third-order valence-corrected chi connectivity index (χ3v) is 2.80. The Balaban J connectivity index is 2.26. The van der Waals surface area contributed by atoms with Gasteiger partial charge in [-0.1, -0.05) is 6.07 Å². The molecule has 84 valence electrons. The van der Waals surface area contributed by atoms with E-state index < -0.39 is 0 Å². The Bertz CT molecular complexity index is 549. The monoisotopic (exact) mass is 288 g/mol. The third-order valence-electron chi connectivity index (χ3n) is 2.14. The first-order valence-electron chi connectivity index (χ1n) is 5.03. The molecule has 0 N–H and O–H groups in total. The highest BCUT2D eigenvalue weighted by molar-refractivity contribution is 9.10. The standard InChI is InChI=1S/C13H9BrN2O/c14-12-4-3-10(5-6-15)8-13(12)17-11-2-1-7-16-9-11/h1-4,7-9H,5H2. The van der Waals surface area contributed by atoms with Crippen LogP contribution in [0.25, 0.3) is 0 Å². The summed E-state index contributed by atoms with van der Waals surface area (Å²) in [6.07, 6.45) is 3.70. The summed E-state index contributed by atoms with van der Waals surface area (Å²) < 4.78 is 6.53. The number of nitriles is 1. The minimum Gasteiger partial charge on any atom is -0.455 e. The van der Waals surface area contributed by atoms with Crippen molar-refractivity contribution in [2.75, 3.05) is 0 Å². The molecule has 17 heavy (non-hydrogen) atoms. The molecule has 0 amide bonds. The largest absolute Gasteiger partial charge is 0.455 e. The van der Waals surface area contributed by atoms with E-state index in [1.54, 1.807) is 12.4 Å². The molecule has 0 aliphatic heterocycles. The number of aromatic nitrogens is 1. The molecule has 1 aromatic carbocycles. The van der Waals surface area contributed by atoms with Gasteiger partial charge in [-0.05, 0) is 45.8 Å². The molecule has 0 aliphatic carbocycles. The summed E-state index contributed by atoms with van der Waals surface area (Å²) in [6.45, 7) is 0. The Morgan fingerprint density at radius 1 is 1.35 bits per heavy atom. The number of halogens is 1. The van der Waals surface area contributed by atoms with Gasteiger partial charge >= 0.3 is 0 Å². The van der Waals surface area contributed by atoms with Crippen molar-refractivity contribution in [1.29, 1.82) is 5.26 Å². The molecule has 0 spiro atoms. The molecule has 2 rings (SSSR count). The van der Waals surface area contributed by atoms with Crippen LogP contribution in [0.1, 0.15) is 5.56 Å². The highest BCUT2D eigenvalue weighted by Gasteiger charge is 2.04. The van der Waals surface area contributed by atoms with E-state index in [9.17, 15) is 0 Å². The molecule has 0 saturated carbocycles. The van der Waals surface area contributed by atoms with E-state index >= 15 is 0 Å². The van der Waals surface area contributed by atoms with Gasteiger partial charge in [-0.15, -0.1) is 0 Å². The lowest BCUT2D eigenvalue weighted by atomic mass is 10.1. The predicted octanol–water partition coefficient (Wildman–Crippen LogP) is 3.70. The van der Waals surface area contributed by atoms with Crippen molar-refractivity contribution in [3.63, 3.8) is 0 Å². The van der Waals surface area contributed by atoms with Crippen LogP contribution >= 0.6 is 15.9 Å². The number of hydrogen-bond acceptors (Lipinski definition) is 3. The van der Waals surface area contributed by atoms with E-state index in [1.165, 1.54) is 0 Å². The fraction of sp³-hybridized carbons (Fsp3) is 0.0769. The molecule has 0 saturated heterocycles. The van der Waals surface area contributed by atoms with Crippen molar-refractivity contribution < 1.29 is 4.74 Å². The highest BCUT2D eigenvalue weighted by Crippen LogP contribution is 2.30. The zero-order valence-corrected chi connectivity index (χ0v) is 10.5. The van der Waals surface area contributed by atoms with E-state index in [-0.39, 0.29) is 0 Å². The van der Waals surface area contributed by atoms with Gasteiger partial charge in [0.2, 0.25) is 0 Å². The van der Waals surface area contributed by atoms with Crippen molar-refractivity contribution >= 4 is 15.9 Å². The molecule has 0 fully saturated rings. The van der Waals surface area contributed by atoms with Crippen LogP contribution in [0, 0.1) is 11.3 Å². The number of hydrogen-bond donors (Lipinski definition) is 0. The Morgan fingerprint density at radius 2 is 2.24 bits per heavy atom. The van der Waals surface area contributed by atoms with Gasteiger partial charge in [0.15, 0.2) is 0 Å². The molecule has 3 nitrogen and oxygen atoms in total. The fourth-order valence-corrected chi connectivity index (χ4v) is 1.69. The number of pyridine rings is 1. The lowest BCUT2D eigenvalue weighted by Crippen LogP contribution is -1.89. The van der Waals surface area contributed by atoms with E-state index in [2.05, 4.69) is 27.0 Å². The number of ether oxygens (including phenoxy) is 1. The summed E-state index contributed by atoms with van der Waals surface area (Å²) >= 11 is 3.41. The van der Waals surface area contributed by atoms with Crippen LogP contribution in [0.15, 0.2) is 47.2 Å². The second-order valence-corrected chi connectivity index (χ2v) is 4.24. The quantitative estimate of drug-likeness (QED) is 0.865. The summed E-state index contributed by atoms with van der Waals surface area (Å²) in [7, 11) is 0.